The van der Waals surface area contributed by atoms with Gasteiger partial charge in [-0.1, -0.05) is 60.7 Å². The van der Waals surface area contributed by atoms with Crippen molar-refractivity contribution in [1.82, 2.24) is 0 Å². The lowest BCUT2D eigenvalue weighted by atomic mass is 10.2. The molecule has 8 heteroatoms. The third-order valence-electron chi connectivity index (χ3n) is 4.80. The molecule has 0 aliphatic carbocycles. The SMILES string of the molecule is O=C(COCc1ccccc1)Oc1ccc(OC(=O)COCc2ccccc2)cc1.Oc1ccc(O)cc1. The predicted molar refractivity (Wildman–Crippen MR) is 140 cm³/mol. The molecule has 4 aromatic carbocycles. The lowest BCUT2D eigenvalue weighted by Gasteiger charge is -2.08. The molecule has 38 heavy (non-hydrogen) atoms. The van der Waals surface area contributed by atoms with Crippen molar-refractivity contribution in [3.63, 3.8) is 0 Å². The maximum Gasteiger partial charge on any atom is 0.337 e. The van der Waals surface area contributed by atoms with Crippen LogP contribution >= 0.6 is 0 Å². The van der Waals surface area contributed by atoms with Gasteiger partial charge in [0, 0.05) is 0 Å². The second-order valence-electron chi connectivity index (χ2n) is 7.89. The molecule has 0 amide bonds. The molecule has 4 aromatic rings. The van der Waals surface area contributed by atoms with Crippen LogP contribution in [0.1, 0.15) is 11.1 Å². The molecule has 0 radical (unpaired) electrons. The number of rotatable bonds is 10. The van der Waals surface area contributed by atoms with Crippen LogP contribution in [-0.2, 0) is 32.3 Å². The molecule has 0 saturated carbocycles. The highest BCUT2D eigenvalue weighted by Gasteiger charge is 2.08. The third-order valence-corrected chi connectivity index (χ3v) is 4.80. The van der Waals surface area contributed by atoms with Crippen LogP contribution < -0.4 is 9.47 Å². The average molecular weight is 517 g/mol. The van der Waals surface area contributed by atoms with Gasteiger partial charge in [-0.3, -0.25) is 0 Å². The molecule has 0 heterocycles. The second-order valence-corrected chi connectivity index (χ2v) is 7.89. The lowest BCUT2D eigenvalue weighted by molar-refractivity contribution is -0.141. The van der Waals surface area contributed by atoms with Crippen molar-refractivity contribution in [3.8, 4) is 23.0 Å². The fraction of sp³-hybridized carbons (Fsp3) is 0.133. The van der Waals surface area contributed by atoms with E-state index in [9.17, 15) is 9.59 Å². The molecule has 4 rings (SSSR count). The Hall–Kier alpha value is -4.66. The zero-order chi connectivity index (χ0) is 27.0. The molecule has 0 aliphatic heterocycles. The van der Waals surface area contributed by atoms with Crippen LogP contribution in [0.25, 0.3) is 0 Å². The van der Waals surface area contributed by atoms with Crippen LogP contribution in [0.4, 0.5) is 0 Å². The molecule has 2 N–H and O–H groups in total. The van der Waals surface area contributed by atoms with Crippen LogP contribution in [0.15, 0.2) is 109 Å². The summed E-state index contributed by atoms with van der Waals surface area (Å²) in [6.07, 6.45) is 0. The van der Waals surface area contributed by atoms with Crippen molar-refractivity contribution in [2.75, 3.05) is 13.2 Å². The lowest BCUT2D eigenvalue weighted by Crippen LogP contribution is -2.16. The monoisotopic (exact) mass is 516 g/mol. The molecule has 0 unspecified atom stereocenters. The molecule has 0 aromatic heterocycles. The van der Waals surface area contributed by atoms with Crippen molar-refractivity contribution < 1.29 is 38.7 Å². The highest BCUT2D eigenvalue weighted by molar-refractivity contribution is 5.74. The summed E-state index contributed by atoms with van der Waals surface area (Å²) in [7, 11) is 0. The first-order chi connectivity index (χ1) is 18.5. The number of hydrogen-bond donors (Lipinski definition) is 2. The van der Waals surface area contributed by atoms with Crippen molar-refractivity contribution >= 4 is 11.9 Å². The summed E-state index contributed by atoms with van der Waals surface area (Å²) in [5, 5.41) is 17.3. The van der Waals surface area contributed by atoms with Gasteiger partial charge in [-0.25, -0.2) is 9.59 Å². The van der Waals surface area contributed by atoms with Gasteiger partial charge in [0.15, 0.2) is 0 Å². The van der Waals surface area contributed by atoms with E-state index in [0.29, 0.717) is 24.7 Å². The molecule has 8 nitrogen and oxygen atoms in total. The highest BCUT2D eigenvalue weighted by atomic mass is 16.6. The number of phenols is 2. The van der Waals surface area contributed by atoms with Crippen molar-refractivity contribution in [2.24, 2.45) is 0 Å². The fourth-order valence-electron chi connectivity index (χ4n) is 3.00. The van der Waals surface area contributed by atoms with Gasteiger partial charge in [-0.05, 0) is 59.7 Å². The smallest absolute Gasteiger partial charge is 0.337 e. The number of aromatic hydroxyl groups is 2. The predicted octanol–water partition coefficient (Wildman–Crippen LogP) is 5.03. The summed E-state index contributed by atoms with van der Waals surface area (Å²) in [6.45, 7) is 0.336. The number of carbonyl (C=O) groups excluding carboxylic acids is 2. The van der Waals surface area contributed by atoms with Crippen LogP contribution in [0, 0.1) is 0 Å². The van der Waals surface area contributed by atoms with E-state index in [1.54, 1.807) is 24.3 Å². The van der Waals surface area contributed by atoms with E-state index < -0.39 is 11.9 Å². The quantitative estimate of drug-likeness (QED) is 0.172. The zero-order valence-corrected chi connectivity index (χ0v) is 20.6. The van der Waals surface area contributed by atoms with Crippen LogP contribution in [0.5, 0.6) is 23.0 Å². The van der Waals surface area contributed by atoms with E-state index in [1.165, 1.54) is 24.3 Å². The standard InChI is InChI=1S/C24H22O6.C6H6O2/c25-23(17-27-15-19-7-3-1-4-8-19)29-21-11-13-22(14-12-21)30-24(26)18-28-16-20-9-5-2-6-10-20;7-5-1-2-6(8)4-3-5/h1-14H,15-18H2;1-4,7-8H. The van der Waals surface area contributed by atoms with Gasteiger partial charge in [0.1, 0.15) is 36.2 Å². The van der Waals surface area contributed by atoms with Gasteiger partial charge in [0.05, 0.1) is 13.2 Å². The average Bonchev–Trinajstić information content (AvgIpc) is 2.93. The Balaban J connectivity index is 0.000000427. The van der Waals surface area contributed by atoms with Crippen molar-refractivity contribution in [3.05, 3.63) is 120 Å². The first-order valence-electron chi connectivity index (χ1n) is 11.7. The van der Waals surface area contributed by atoms with Gasteiger partial charge >= 0.3 is 11.9 Å². The van der Waals surface area contributed by atoms with Gasteiger partial charge in [0.2, 0.25) is 0 Å². The zero-order valence-electron chi connectivity index (χ0n) is 20.6. The van der Waals surface area contributed by atoms with E-state index in [2.05, 4.69) is 0 Å². The number of carbonyl (C=O) groups is 2. The largest absolute Gasteiger partial charge is 0.508 e. The van der Waals surface area contributed by atoms with Gasteiger partial charge in [0.25, 0.3) is 0 Å². The summed E-state index contributed by atoms with van der Waals surface area (Å²) >= 11 is 0. The Morgan fingerprint density at radius 3 is 1.18 bits per heavy atom. The topological polar surface area (TPSA) is 112 Å². The Labute approximate surface area is 220 Å². The fourth-order valence-corrected chi connectivity index (χ4v) is 3.00. The second kappa shape index (κ2) is 15.5. The minimum Gasteiger partial charge on any atom is -0.508 e. The van der Waals surface area contributed by atoms with Crippen molar-refractivity contribution in [2.45, 2.75) is 13.2 Å². The van der Waals surface area contributed by atoms with E-state index in [1.807, 2.05) is 60.7 Å². The maximum atomic E-state index is 11.9. The Kier molecular flexibility index (Phi) is 11.4. The summed E-state index contributed by atoms with van der Waals surface area (Å²) < 4.78 is 21.1. The molecular weight excluding hydrogens is 488 g/mol. The Bertz CT molecular complexity index is 1140. The summed E-state index contributed by atoms with van der Waals surface area (Å²) in [5.74, 6) is -0.00699. The molecule has 196 valence electrons. The van der Waals surface area contributed by atoms with Gasteiger partial charge in [-0.15, -0.1) is 0 Å². The Morgan fingerprint density at radius 1 is 0.500 bits per heavy atom. The van der Waals surface area contributed by atoms with Crippen molar-refractivity contribution in [1.29, 1.82) is 0 Å². The number of phenolic OH excluding ortho intramolecular Hbond substituents is 2. The summed E-state index contributed by atoms with van der Waals surface area (Å²) in [6, 6.07) is 31.0. The van der Waals surface area contributed by atoms with E-state index in [-0.39, 0.29) is 24.7 Å². The van der Waals surface area contributed by atoms with E-state index in [0.717, 1.165) is 11.1 Å². The summed E-state index contributed by atoms with van der Waals surface area (Å²) in [5.41, 5.74) is 1.95. The highest BCUT2D eigenvalue weighted by Crippen LogP contribution is 2.18. The number of ether oxygens (including phenoxy) is 4. The molecular formula is C30H28O8. The van der Waals surface area contributed by atoms with E-state index in [4.69, 9.17) is 29.2 Å². The van der Waals surface area contributed by atoms with Gasteiger partial charge < -0.3 is 29.2 Å². The number of benzene rings is 4. The molecule has 0 fully saturated rings. The molecule has 0 spiro atoms. The van der Waals surface area contributed by atoms with Gasteiger partial charge in [-0.2, -0.15) is 0 Å². The first-order valence-corrected chi connectivity index (χ1v) is 11.7. The van der Waals surface area contributed by atoms with E-state index >= 15 is 0 Å². The maximum absolute atomic E-state index is 11.9. The number of hydrogen-bond acceptors (Lipinski definition) is 8. The minimum atomic E-state index is -0.509. The summed E-state index contributed by atoms with van der Waals surface area (Å²) in [4.78, 5) is 23.7. The van der Waals surface area contributed by atoms with Crippen LogP contribution in [-0.4, -0.2) is 35.4 Å². The molecule has 0 bridgehead atoms. The normalized spacial score (nSPS) is 10.1. The molecule has 0 atom stereocenters. The molecule has 0 aliphatic rings. The number of esters is 2. The van der Waals surface area contributed by atoms with Crippen LogP contribution in [0.3, 0.4) is 0 Å². The Morgan fingerprint density at radius 2 is 0.842 bits per heavy atom. The van der Waals surface area contributed by atoms with Crippen LogP contribution in [0.2, 0.25) is 0 Å². The molecule has 0 saturated heterocycles. The third kappa shape index (κ3) is 10.9. The first kappa shape index (κ1) is 27.9. The minimum absolute atomic E-state index is 0.162.